The second-order valence-corrected chi connectivity index (χ2v) is 3.59. The van der Waals surface area contributed by atoms with E-state index in [1.807, 2.05) is 0 Å². The van der Waals surface area contributed by atoms with Crippen LogP contribution in [0, 0.1) is 0 Å². The van der Waals surface area contributed by atoms with Crippen LogP contribution in [0.1, 0.15) is 5.56 Å². The molecule has 0 aliphatic carbocycles. The molecule has 4 N–H and O–H groups in total. The van der Waals surface area contributed by atoms with Gasteiger partial charge in [0.15, 0.2) is 0 Å². The SMILES string of the molecule is COc1cc(Cl)c(C=NN=C(N)N)c(Cl)c1. The molecule has 1 aromatic rings. The van der Waals surface area contributed by atoms with Crippen LogP contribution in [0.2, 0.25) is 10.0 Å². The molecule has 0 aliphatic heterocycles. The van der Waals surface area contributed by atoms with E-state index in [9.17, 15) is 0 Å². The maximum Gasteiger partial charge on any atom is 0.211 e. The van der Waals surface area contributed by atoms with Crippen molar-refractivity contribution >= 4 is 35.4 Å². The van der Waals surface area contributed by atoms with Gasteiger partial charge in [-0.1, -0.05) is 23.2 Å². The zero-order valence-electron chi connectivity index (χ0n) is 8.45. The quantitative estimate of drug-likeness (QED) is 0.492. The Morgan fingerprint density at radius 2 is 1.88 bits per heavy atom. The molecule has 0 heterocycles. The van der Waals surface area contributed by atoms with Crippen LogP contribution < -0.4 is 16.2 Å². The molecule has 0 radical (unpaired) electrons. The highest BCUT2D eigenvalue weighted by molar-refractivity contribution is 6.38. The Morgan fingerprint density at radius 3 is 2.31 bits per heavy atom. The molecule has 5 nitrogen and oxygen atoms in total. The first-order chi connectivity index (χ1) is 7.54. The van der Waals surface area contributed by atoms with Gasteiger partial charge in [0.25, 0.3) is 0 Å². The van der Waals surface area contributed by atoms with Crippen molar-refractivity contribution in [2.24, 2.45) is 21.7 Å². The molecule has 1 aromatic carbocycles. The minimum Gasteiger partial charge on any atom is -0.497 e. The van der Waals surface area contributed by atoms with Crippen LogP contribution in [0.15, 0.2) is 22.3 Å². The van der Waals surface area contributed by atoms with Gasteiger partial charge in [0, 0.05) is 5.56 Å². The predicted octanol–water partition coefficient (Wildman–Crippen LogP) is 1.61. The summed E-state index contributed by atoms with van der Waals surface area (Å²) in [6.07, 6.45) is 1.36. The minimum atomic E-state index is -0.142. The highest BCUT2D eigenvalue weighted by atomic mass is 35.5. The number of rotatable bonds is 3. The molecule has 0 spiro atoms. The number of halogens is 2. The second kappa shape index (κ2) is 5.58. The van der Waals surface area contributed by atoms with Crippen molar-refractivity contribution < 1.29 is 4.74 Å². The minimum absolute atomic E-state index is 0.142. The van der Waals surface area contributed by atoms with Gasteiger partial charge in [0.2, 0.25) is 5.96 Å². The molecular formula is C9H10Cl2N4O. The summed E-state index contributed by atoms with van der Waals surface area (Å²) in [5, 5.41) is 7.86. The molecule has 0 unspecified atom stereocenters. The third-order valence-electron chi connectivity index (χ3n) is 1.65. The number of hydrogen-bond acceptors (Lipinski definition) is 3. The maximum absolute atomic E-state index is 5.96. The second-order valence-electron chi connectivity index (χ2n) is 2.77. The van der Waals surface area contributed by atoms with E-state index in [0.29, 0.717) is 21.4 Å². The molecule has 0 fully saturated rings. The Morgan fingerprint density at radius 1 is 1.31 bits per heavy atom. The standard InChI is InChI=1S/C9H10Cl2N4O/c1-16-5-2-7(10)6(8(11)3-5)4-14-15-9(12)13/h2-4H,1H3,(H4,12,13,15). The van der Waals surface area contributed by atoms with Crippen molar-refractivity contribution in [1.82, 2.24) is 0 Å². The number of guanidine groups is 1. The lowest BCUT2D eigenvalue weighted by molar-refractivity contribution is 0.415. The van der Waals surface area contributed by atoms with Crippen molar-refractivity contribution in [1.29, 1.82) is 0 Å². The summed E-state index contributed by atoms with van der Waals surface area (Å²) in [4.78, 5) is 0. The first-order valence-corrected chi connectivity index (χ1v) is 4.95. The van der Waals surface area contributed by atoms with Gasteiger partial charge in [-0.25, -0.2) is 0 Å². The van der Waals surface area contributed by atoms with E-state index < -0.39 is 0 Å². The summed E-state index contributed by atoms with van der Waals surface area (Å²) < 4.78 is 4.99. The molecular weight excluding hydrogens is 251 g/mol. The maximum atomic E-state index is 5.96. The Kier molecular flexibility index (Phi) is 4.39. The number of nitrogens with zero attached hydrogens (tertiary/aromatic N) is 2. The van der Waals surface area contributed by atoms with Gasteiger partial charge in [-0.3, -0.25) is 0 Å². The average molecular weight is 261 g/mol. The lowest BCUT2D eigenvalue weighted by Crippen LogP contribution is -2.21. The van der Waals surface area contributed by atoms with E-state index in [4.69, 9.17) is 39.4 Å². The van der Waals surface area contributed by atoms with Gasteiger partial charge in [-0.15, -0.1) is 5.10 Å². The Bertz CT molecular complexity index is 418. The summed E-state index contributed by atoms with van der Waals surface area (Å²) in [7, 11) is 1.52. The first-order valence-electron chi connectivity index (χ1n) is 4.19. The Labute approximate surface area is 103 Å². The first kappa shape index (κ1) is 12.6. The van der Waals surface area contributed by atoms with Gasteiger partial charge in [-0.2, -0.15) is 5.10 Å². The van der Waals surface area contributed by atoms with Crippen molar-refractivity contribution in [3.05, 3.63) is 27.7 Å². The molecule has 86 valence electrons. The van der Waals surface area contributed by atoms with Gasteiger partial charge >= 0.3 is 0 Å². The lowest BCUT2D eigenvalue weighted by atomic mass is 10.2. The highest BCUT2D eigenvalue weighted by Crippen LogP contribution is 2.28. The van der Waals surface area contributed by atoms with E-state index in [1.165, 1.54) is 13.3 Å². The number of methoxy groups -OCH3 is 1. The summed E-state index contributed by atoms with van der Waals surface area (Å²) >= 11 is 11.9. The smallest absolute Gasteiger partial charge is 0.211 e. The van der Waals surface area contributed by atoms with E-state index in [1.54, 1.807) is 12.1 Å². The molecule has 0 aliphatic rings. The fraction of sp³-hybridized carbons (Fsp3) is 0.111. The summed E-state index contributed by atoms with van der Waals surface area (Å²) in [5.74, 6) is 0.422. The average Bonchev–Trinajstić information content (AvgIpc) is 2.21. The molecule has 0 saturated heterocycles. The number of ether oxygens (including phenoxy) is 1. The van der Waals surface area contributed by atoms with E-state index in [0.717, 1.165) is 0 Å². The van der Waals surface area contributed by atoms with Gasteiger partial charge in [0.05, 0.1) is 23.4 Å². The van der Waals surface area contributed by atoms with Gasteiger partial charge in [-0.05, 0) is 12.1 Å². The van der Waals surface area contributed by atoms with Gasteiger partial charge < -0.3 is 16.2 Å². The molecule has 0 amide bonds. The molecule has 0 bridgehead atoms. The Balaban J connectivity index is 3.06. The van der Waals surface area contributed by atoms with Crippen molar-refractivity contribution in [3.63, 3.8) is 0 Å². The molecule has 0 aromatic heterocycles. The van der Waals surface area contributed by atoms with E-state index >= 15 is 0 Å². The van der Waals surface area contributed by atoms with Crippen LogP contribution in [0.4, 0.5) is 0 Å². The zero-order chi connectivity index (χ0) is 12.1. The lowest BCUT2D eigenvalue weighted by Gasteiger charge is -2.04. The molecule has 0 saturated carbocycles. The zero-order valence-corrected chi connectivity index (χ0v) is 9.96. The Hall–Kier alpha value is -1.46. The largest absolute Gasteiger partial charge is 0.497 e. The van der Waals surface area contributed by atoms with Crippen LogP contribution >= 0.6 is 23.2 Å². The highest BCUT2D eigenvalue weighted by Gasteiger charge is 2.06. The third kappa shape index (κ3) is 3.29. The van der Waals surface area contributed by atoms with Crippen LogP contribution in [0.5, 0.6) is 5.75 Å². The summed E-state index contributed by atoms with van der Waals surface area (Å²) in [6.45, 7) is 0. The van der Waals surface area contributed by atoms with Gasteiger partial charge in [0.1, 0.15) is 5.75 Å². The van der Waals surface area contributed by atoms with Crippen LogP contribution in [-0.4, -0.2) is 19.3 Å². The number of benzene rings is 1. The third-order valence-corrected chi connectivity index (χ3v) is 2.27. The van der Waals surface area contributed by atoms with Crippen molar-refractivity contribution in [3.8, 4) is 5.75 Å². The number of nitrogens with two attached hydrogens (primary N) is 2. The molecule has 1 rings (SSSR count). The van der Waals surface area contributed by atoms with Crippen LogP contribution in [-0.2, 0) is 0 Å². The molecule has 7 heteroatoms. The van der Waals surface area contributed by atoms with E-state index in [2.05, 4.69) is 10.2 Å². The fourth-order valence-corrected chi connectivity index (χ4v) is 1.52. The predicted molar refractivity (Wildman–Crippen MR) is 66.4 cm³/mol. The molecule has 16 heavy (non-hydrogen) atoms. The van der Waals surface area contributed by atoms with Crippen molar-refractivity contribution in [2.45, 2.75) is 0 Å². The van der Waals surface area contributed by atoms with Crippen LogP contribution in [0.3, 0.4) is 0 Å². The monoisotopic (exact) mass is 260 g/mol. The topological polar surface area (TPSA) is 86.0 Å². The normalized spacial score (nSPS) is 10.4. The van der Waals surface area contributed by atoms with Crippen molar-refractivity contribution in [2.75, 3.05) is 7.11 Å². The van der Waals surface area contributed by atoms with E-state index in [-0.39, 0.29) is 5.96 Å². The number of hydrogen-bond donors (Lipinski definition) is 2. The summed E-state index contributed by atoms with van der Waals surface area (Å²) in [5.41, 5.74) is 10.7. The summed E-state index contributed by atoms with van der Waals surface area (Å²) in [6, 6.07) is 3.23. The molecule has 0 atom stereocenters. The van der Waals surface area contributed by atoms with Crippen LogP contribution in [0.25, 0.3) is 0 Å². The fourth-order valence-electron chi connectivity index (χ4n) is 0.955.